The van der Waals surface area contributed by atoms with Crippen molar-refractivity contribution in [3.8, 4) is 0 Å². The molecule has 0 bridgehead atoms. The summed E-state index contributed by atoms with van der Waals surface area (Å²) in [5, 5.41) is 0. The van der Waals surface area contributed by atoms with Crippen molar-refractivity contribution < 1.29 is 14.4 Å². The summed E-state index contributed by atoms with van der Waals surface area (Å²) in [6, 6.07) is 5.21. The number of carbonyl (C=O) groups is 3. The average molecular weight is 304 g/mol. The van der Waals surface area contributed by atoms with Crippen molar-refractivity contribution in [2.24, 2.45) is 11.7 Å². The van der Waals surface area contributed by atoms with Crippen molar-refractivity contribution in [2.75, 3.05) is 26.2 Å². The lowest BCUT2D eigenvalue weighted by atomic mass is 10.1. The molecule has 0 spiro atoms. The maximum atomic E-state index is 12.6. The van der Waals surface area contributed by atoms with Crippen LogP contribution in [0, 0.1) is 12.8 Å². The Hall–Kier alpha value is -2.44. The lowest BCUT2D eigenvalue weighted by Crippen LogP contribution is -2.41. The van der Waals surface area contributed by atoms with Crippen LogP contribution in [0.1, 0.15) is 23.1 Å². The number of nitrogens with zero attached hydrogens (tertiary/aromatic N) is 3. The number of nitrogens with two attached hydrogens (primary N) is 1. The molecule has 1 atom stereocenters. The molecule has 0 unspecified atom stereocenters. The SMILES string of the molecule is CC(=O)N1CCN(C(=O)c2cccc(C)n2)C[C@H](C(N)=O)C1. The van der Waals surface area contributed by atoms with Gasteiger partial charge in [-0.2, -0.15) is 0 Å². The van der Waals surface area contributed by atoms with Gasteiger partial charge in [0, 0.05) is 38.8 Å². The number of aromatic nitrogens is 1. The Morgan fingerprint density at radius 2 is 1.82 bits per heavy atom. The lowest BCUT2D eigenvalue weighted by Gasteiger charge is -2.22. The van der Waals surface area contributed by atoms with Gasteiger partial charge in [0.05, 0.1) is 5.92 Å². The summed E-state index contributed by atoms with van der Waals surface area (Å²) in [6.07, 6.45) is 0. The number of hydrogen-bond acceptors (Lipinski definition) is 4. The first-order valence-corrected chi connectivity index (χ1v) is 7.16. The van der Waals surface area contributed by atoms with E-state index in [2.05, 4.69) is 4.98 Å². The van der Waals surface area contributed by atoms with E-state index < -0.39 is 11.8 Å². The second-order valence-electron chi connectivity index (χ2n) is 5.48. The van der Waals surface area contributed by atoms with E-state index in [0.717, 1.165) is 5.69 Å². The maximum Gasteiger partial charge on any atom is 0.272 e. The Morgan fingerprint density at radius 1 is 1.18 bits per heavy atom. The van der Waals surface area contributed by atoms with Gasteiger partial charge in [-0.3, -0.25) is 14.4 Å². The monoisotopic (exact) mass is 304 g/mol. The van der Waals surface area contributed by atoms with Crippen molar-refractivity contribution in [1.29, 1.82) is 0 Å². The fraction of sp³-hybridized carbons (Fsp3) is 0.467. The zero-order valence-electron chi connectivity index (χ0n) is 12.8. The fourth-order valence-electron chi connectivity index (χ4n) is 2.49. The normalized spacial score (nSPS) is 18.7. The minimum atomic E-state index is -0.569. The van der Waals surface area contributed by atoms with Crippen LogP contribution >= 0.6 is 0 Å². The Bertz CT molecular complexity index is 602. The van der Waals surface area contributed by atoms with E-state index in [1.807, 2.05) is 13.0 Å². The summed E-state index contributed by atoms with van der Waals surface area (Å²) in [4.78, 5) is 43.0. The first-order chi connectivity index (χ1) is 10.4. The molecule has 22 heavy (non-hydrogen) atoms. The highest BCUT2D eigenvalue weighted by atomic mass is 16.2. The van der Waals surface area contributed by atoms with Crippen LogP contribution in [0.3, 0.4) is 0 Å². The van der Waals surface area contributed by atoms with Gasteiger partial charge in [-0.05, 0) is 19.1 Å². The molecule has 7 nitrogen and oxygen atoms in total. The van der Waals surface area contributed by atoms with Crippen LogP contribution in [0.15, 0.2) is 18.2 Å². The van der Waals surface area contributed by atoms with E-state index in [1.54, 1.807) is 21.9 Å². The molecule has 3 amide bonds. The first kappa shape index (κ1) is 15.9. The molecule has 2 heterocycles. The molecule has 0 aromatic carbocycles. The minimum absolute atomic E-state index is 0.130. The van der Waals surface area contributed by atoms with Crippen LogP contribution in [0.2, 0.25) is 0 Å². The van der Waals surface area contributed by atoms with Crippen molar-refractivity contribution in [3.63, 3.8) is 0 Å². The second kappa shape index (κ2) is 6.55. The molecule has 1 fully saturated rings. The van der Waals surface area contributed by atoms with Gasteiger partial charge >= 0.3 is 0 Å². The summed E-state index contributed by atoms with van der Waals surface area (Å²) in [6.45, 7) is 4.44. The largest absolute Gasteiger partial charge is 0.369 e. The number of carbonyl (C=O) groups excluding carboxylic acids is 3. The third-order valence-corrected chi connectivity index (χ3v) is 3.76. The summed E-state index contributed by atoms with van der Waals surface area (Å²) < 4.78 is 0. The molecule has 2 N–H and O–H groups in total. The Balaban J connectivity index is 2.21. The van der Waals surface area contributed by atoms with Crippen molar-refractivity contribution in [3.05, 3.63) is 29.6 Å². The van der Waals surface area contributed by atoms with Crippen LogP contribution in [0.25, 0.3) is 0 Å². The maximum absolute atomic E-state index is 12.6. The molecule has 0 aliphatic carbocycles. The van der Waals surface area contributed by atoms with Crippen LogP contribution < -0.4 is 5.73 Å². The van der Waals surface area contributed by atoms with Gasteiger partial charge in [-0.1, -0.05) is 6.07 Å². The van der Waals surface area contributed by atoms with Crippen molar-refractivity contribution >= 4 is 17.7 Å². The third kappa shape index (κ3) is 3.60. The number of rotatable bonds is 2. The zero-order chi connectivity index (χ0) is 16.3. The van der Waals surface area contributed by atoms with E-state index in [-0.39, 0.29) is 24.9 Å². The van der Waals surface area contributed by atoms with Crippen molar-refractivity contribution in [2.45, 2.75) is 13.8 Å². The van der Waals surface area contributed by atoms with Gasteiger partial charge in [0.1, 0.15) is 5.69 Å². The summed E-state index contributed by atoms with van der Waals surface area (Å²) in [7, 11) is 0. The standard InChI is InChI=1S/C15H20N4O3/c1-10-4-3-5-13(17-10)15(22)19-7-6-18(11(2)20)8-12(9-19)14(16)21/h3-5,12H,6-9H2,1-2H3,(H2,16,21)/t12-/m1/s1. The van der Waals surface area contributed by atoms with Gasteiger partial charge in [-0.15, -0.1) is 0 Å². The molecular weight excluding hydrogens is 284 g/mol. The van der Waals surface area contributed by atoms with Gasteiger partial charge < -0.3 is 15.5 Å². The molecular formula is C15H20N4O3. The van der Waals surface area contributed by atoms with E-state index >= 15 is 0 Å². The van der Waals surface area contributed by atoms with Crippen LogP contribution in [0.4, 0.5) is 0 Å². The minimum Gasteiger partial charge on any atom is -0.369 e. The topological polar surface area (TPSA) is 96.6 Å². The molecule has 1 aromatic rings. The van der Waals surface area contributed by atoms with Gasteiger partial charge in [0.15, 0.2) is 0 Å². The van der Waals surface area contributed by atoms with Gasteiger partial charge in [-0.25, -0.2) is 4.98 Å². The predicted molar refractivity (Wildman–Crippen MR) is 79.8 cm³/mol. The number of aryl methyl sites for hydroxylation is 1. The summed E-state index contributed by atoms with van der Waals surface area (Å²) in [5.41, 5.74) is 6.47. The third-order valence-electron chi connectivity index (χ3n) is 3.76. The van der Waals surface area contributed by atoms with Crippen LogP contribution in [-0.4, -0.2) is 58.7 Å². The van der Waals surface area contributed by atoms with Gasteiger partial charge in [0.2, 0.25) is 11.8 Å². The Labute approximate surface area is 129 Å². The highest BCUT2D eigenvalue weighted by Gasteiger charge is 2.30. The number of pyridine rings is 1. The second-order valence-corrected chi connectivity index (χ2v) is 5.48. The number of amides is 3. The van der Waals surface area contributed by atoms with E-state index in [0.29, 0.717) is 18.8 Å². The highest BCUT2D eigenvalue weighted by molar-refractivity contribution is 5.93. The zero-order valence-corrected chi connectivity index (χ0v) is 12.8. The molecule has 1 aliphatic rings. The molecule has 7 heteroatoms. The van der Waals surface area contributed by atoms with E-state index in [9.17, 15) is 14.4 Å². The van der Waals surface area contributed by atoms with Crippen molar-refractivity contribution in [1.82, 2.24) is 14.8 Å². The average Bonchev–Trinajstić information content (AvgIpc) is 2.69. The van der Waals surface area contributed by atoms with Crippen LogP contribution in [-0.2, 0) is 9.59 Å². The molecule has 118 valence electrons. The molecule has 0 saturated carbocycles. The molecule has 1 aromatic heterocycles. The van der Waals surface area contributed by atoms with Gasteiger partial charge in [0.25, 0.3) is 5.91 Å². The highest BCUT2D eigenvalue weighted by Crippen LogP contribution is 2.13. The Kier molecular flexibility index (Phi) is 4.75. The quantitative estimate of drug-likeness (QED) is 0.818. The Morgan fingerprint density at radius 3 is 2.41 bits per heavy atom. The molecule has 1 saturated heterocycles. The predicted octanol–water partition coefficient (Wildman–Crippen LogP) is -0.204. The lowest BCUT2D eigenvalue weighted by molar-refractivity contribution is -0.130. The van der Waals surface area contributed by atoms with E-state index in [1.165, 1.54) is 6.92 Å². The molecule has 1 aliphatic heterocycles. The van der Waals surface area contributed by atoms with E-state index in [4.69, 9.17) is 5.73 Å². The fourth-order valence-corrected chi connectivity index (χ4v) is 2.49. The summed E-state index contributed by atoms with van der Waals surface area (Å²) >= 11 is 0. The number of primary amides is 1. The number of hydrogen-bond donors (Lipinski definition) is 1. The molecule has 2 rings (SSSR count). The summed E-state index contributed by atoms with van der Waals surface area (Å²) in [5.74, 6) is -1.46. The molecule has 0 radical (unpaired) electrons. The smallest absolute Gasteiger partial charge is 0.272 e. The van der Waals surface area contributed by atoms with Crippen LogP contribution in [0.5, 0.6) is 0 Å². The first-order valence-electron chi connectivity index (χ1n) is 7.16.